The summed E-state index contributed by atoms with van der Waals surface area (Å²) in [5, 5.41) is 15.3. The molecule has 1 aliphatic heterocycles. The lowest BCUT2D eigenvalue weighted by Crippen LogP contribution is -2.64. The number of nitrogens with one attached hydrogen (secondary N) is 1. The molecule has 1 spiro atoms. The van der Waals surface area contributed by atoms with E-state index in [4.69, 9.17) is 0 Å². The van der Waals surface area contributed by atoms with Crippen LogP contribution in [0.4, 0.5) is 0 Å². The molecule has 3 aliphatic carbocycles. The highest BCUT2D eigenvalue weighted by atomic mass is 16.3. The van der Waals surface area contributed by atoms with E-state index in [0.29, 0.717) is 11.8 Å². The van der Waals surface area contributed by atoms with Gasteiger partial charge in [0, 0.05) is 23.8 Å². The molecule has 0 bridgehead atoms. The van der Waals surface area contributed by atoms with E-state index in [9.17, 15) is 9.90 Å². The predicted octanol–water partition coefficient (Wildman–Crippen LogP) is 3.61. The summed E-state index contributed by atoms with van der Waals surface area (Å²) in [4.78, 5) is 13.5. The van der Waals surface area contributed by atoms with E-state index >= 15 is 0 Å². The SMILES string of the molecule is CC1=C[C@@H]2C=C(C)[C@H]3CC=C[C@@]3(O)[C@]23C(=O)N[C@@H](CC(C)C)[C@@H]3[C@@H]1C. The van der Waals surface area contributed by atoms with Crippen molar-refractivity contribution >= 4 is 5.91 Å². The molecule has 4 aliphatic rings. The number of carbonyl (C=O) groups is 1. The first kappa shape index (κ1) is 17.1. The second kappa shape index (κ2) is 5.33. The van der Waals surface area contributed by atoms with Crippen molar-refractivity contribution in [2.75, 3.05) is 0 Å². The molecule has 0 radical (unpaired) electrons. The number of amides is 1. The van der Waals surface area contributed by atoms with Crippen molar-refractivity contribution in [1.82, 2.24) is 5.32 Å². The molecular weight excluding hydrogens is 310 g/mol. The third kappa shape index (κ3) is 1.94. The predicted molar refractivity (Wildman–Crippen MR) is 99.7 cm³/mol. The van der Waals surface area contributed by atoms with Crippen LogP contribution in [0.5, 0.6) is 0 Å². The van der Waals surface area contributed by atoms with E-state index in [-0.39, 0.29) is 29.7 Å². The third-order valence-electron chi connectivity index (χ3n) is 7.53. The number of hydrogen-bond donors (Lipinski definition) is 2. The summed E-state index contributed by atoms with van der Waals surface area (Å²) in [5.74, 6) is 1.03. The maximum atomic E-state index is 13.5. The highest BCUT2D eigenvalue weighted by molar-refractivity contribution is 5.90. The first-order valence-corrected chi connectivity index (χ1v) is 9.81. The van der Waals surface area contributed by atoms with Gasteiger partial charge in [0.1, 0.15) is 5.60 Å². The van der Waals surface area contributed by atoms with Crippen LogP contribution in [-0.2, 0) is 4.79 Å². The van der Waals surface area contributed by atoms with E-state index in [1.807, 2.05) is 6.08 Å². The van der Waals surface area contributed by atoms with Crippen molar-refractivity contribution in [2.24, 2.45) is 35.0 Å². The first-order valence-electron chi connectivity index (χ1n) is 9.81. The van der Waals surface area contributed by atoms with E-state index in [1.54, 1.807) is 0 Å². The van der Waals surface area contributed by atoms with E-state index in [2.05, 4.69) is 58.2 Å². The normalized spacial score (nSPS) is 47.8. The van der Waals surface area contributed by atoms with Gasteiger partial charge in [0.15, 0.2) is 0 Å². The summed E-state index contributed by atoms with van der Waals surface area (Å²) in [7, 11) is 0. The van der Waals surface area contributed by atoms with Gasteiger partial charge < -0.3 is 10.4 Å². The van der Waals surface area contributed by atoms with E-state index in [1.165, 1.54) is 11.1 Å². The lowest BCUT2D eigenvalue weighted by molar-refractivity contribution is -0.161. The van der Waals surface area contributed by atoms with Gasteiger partial charge in [0.2, 0.25) is 5.91 Å². The monoisotopic (exact) mass is 341 g/mol. The minimum absolute atomic E-state index is 0.0186. The van der Waals surface area contributed by atoms with Crippen LogP contribution in [0.2, 0.25) is 0 Å². The Bertz CT molecular complexity index is 703. The van der Waals surface area contributed by atoms with Crippen LogP contribution >= 0.6 is 0 Å². The number of fused-ring (bicyclic) bond motifs is 1. The van der Waals surface area contributed by atoms with Gasteiger partial charge in [-0.1, -0.05) is 56.2 Å². The largest absolute Gasteiger partial charge is 0.384 e. The number of rotatable bonds is 2. The lowest BCUT2D eigenvalue weighted by Gasteiger charge is -2.57. The Morgan fingerprint density at radius 1 is 1.28 bits per heavy atom. The van der Waals surface area contributed by atoms with Crippen molar-refractivity contribution < 1.29 is 9.90 Å². The Morgan fingerprint density at radius 2 is 1.96 bits per heavy atom. The van der Waals surface area contributed by atoms with Crippen LogP contribution < -0.4 is 5.32 Å². The zero-order valence-corrected chi connectivity index (χ0v) is 16.0. The van der Waals surface area contributed by atoms with Gasteiger partial charge in [0.05, 0.1) is 5.41 Å². The van der Waals surface area contributed by atoms with Gasteiger partial charge in [-0.3, -0.25) is 4.79 Å². The molecular formula is C22H31NO2. The summed E-state index contributed by atoms with van der Waals surface area (Å²) in [6.45, 7) is 11.0. The standard InChI is InChI=1S/C22H31NO2/c1-12(2)9-18-19-15(5)13(3)10-16-11-14(4)17-7-6-8-21(17,25)22(16,19)20(24)23-18/h6,8,10-12,15-19,25H,7,9H2,1-5H3,(H,23,24)/t15-,16-,17-,18+,19+,21+,22-/m1/s1. The zero-order valence-electron chi connectivity index (χ0n) is 16.0. The molecule has 1 saturated heterocycles. The van der Waals surface area contributed by atoms with Crippen LogP contribution in [-0.4, -0.2) is 22.7 Å². The minimum Gasteiger partial charge on any atom is -0.384 e. The van der Waals surface area contributed by atoms with Gasteiger partial charge in [-0.25, -0.2) is 0 Å². The molecule has 2 N–H and O–H groups in total. The maximum Gasteiger partial charge on any atom is 0.231 e. The van der Waals surface area contributed by atoms with E-state index < -0.39 is 11.0 Å². The molecule has 1 fully saturated rings. The van der Waals surface area contributed by atoms with Crippen molar-refractivity contribution in [1.29, 1.82) is 0 Å². The van der Waals surface area contributed by atoms with Crippen molar-refractivity contribution in [2.45, 2.75) is 59.1 Å². The smallest absolute Gasteiger partial charge is 0.231 e. The molecule has 1 heterocycles. The number of allylic oxidation sites excluding steroid dienone is 4. The minimum atomic E-state index is -1.07. The summed E-state index contributed by atoms with van der Waals surface area (Å²) >= 11 is 0. The molecule has 1 amide bonds. The average molecular weight is 341 g/mol. The topological polar surface area (TPSA) is 49.3 Å². The average Bonchev–Trinajstić information content (AvgIpc) is 3.04. The van der Waals surface area contributed by atoms with Crippen LogP contribution in [0.15, 0.2) is 35.5 Å². The number of carbonyl (C=O) groups excluding carboxylic acids is 1. The van der Waals surface area contributed by atoms with Crippen LogP contribution in [0.3, 0.4) is 0 Å². The fraction of sp³-hybridized carbons (Fsp3) is 0.682. The van der Waals surface area contributed by atoms with Crippen molar-refractivity contribution in [3.8, 4) is 0 Å². The van der Waals surface area contributed by atoms with Gasteiger partial charge in [-0.2, -0.15) is 0 Å². The Labute approximate surface area is 151 Å². The number of hydrogen-bond acceptors (Lipinski definition) is 2. The highest BCUT2D eigenvalue weighted by Crippen LogP contribution is 2.65. The Kier molecular flexibility index (Phi) is 3.64. The van der Waals surface area contributed by atoms with Crippen LogP contribution in [0.25, 0.3) is 0 Å². The molecule has 4 rings (SSSR count). The van der Waals surface area contributed by atoms with Crippen molar-refractivity contribution in [3.05, 3.63) is 35.5 Å². The molecule has 7 atom stereocenters. The molecule has 0 saturated carbocycles. The highest BCUT2D eigenvalue weighted by Gasteiger charge is 2.73. The molecule has 25 heavy (non-hydrogen) atoms. The molecule has 3 nitrogen and oxygen atoms in total. The van der Waals surface area contributed by atoms with Crippen LogP contribution in [0, 0.1) is 35.0 Å². The fourth-order valence-electron chi connectivity index (χ4n) is 6.46. The van der Waals surface area contributed by atoms with Gasteiger partial charge in [0.25, 0.3) is 0 Å². The summed E-state index contributed by atoms with van der Waals surface area (Å²) in [6.07, 6.45) is 10.4. The van der Waals surface area contributed by atoms with Gasteiger partial charge in [-0.15, -0.1) is 0 Å². The summed E-state index contributed by atoms with van der Waals surface area (Å²) in [5.41, 5.74) is 0.745. The molecule has 136 valence electrons. The third-order valence-corrected chi connectivity index (χ3v) is 7.53. The lowest BCUT2D eigenvalue weighted by atomic mass is 9.46. The molecule has 0 aromatic heterocycles. The van der Waals surface area contributed by atoms with Crippen LogP contribution in [0.1, 0.15) is 47.5 Å². The summed E-state index contributed by atoms with van der Waals surface area (Å²) < 4.78 is 0. The molecule has 0 unspecified atom stereocenters. The Hall–Kier alpha value is -1.35. The van der Waals surface area contributed by atoms with Crippen molar-refractivity contribution in [3.63, 3.8) is 0 Å². The fourth-order valence-corrected chi connectivity index (χ4v) is 6.46. The second-order valence-electron chi connectivity index (χ2n) is 9.26. The van der Waals surface area contributed by atoms with E-state index in [0.717, 1.165) is 12.8 Å². The molecule has 3 heteroatoms. The Balaban J connectivity index is 1.95. The second-order valence-corrected chi connectivity index (χ2v) is 9.26. The first-order chi connectivity index (χ1) is 11.7. The zero-order chi connectivity index (χ0) is 18.1. The molecule has 0 aromatic carbocycles. The van der Waals surface area contributed by atoms with Gasteiger partial charge in [-0.05, 0) is 38.5 Å². The summed E-state index contributed by atoms with van der Waals surface area (Å²) in [6, 6.07) is 0.138. The molecule has 0 aromatic rings. The quantitative estimate of drug-likeness (QED) is 0.754. The Morgan fingerprint density at radius 3 is 2.64 bits per heavy atom. The van der Waals surface area contributed by atoms with Gasteiger partial charge >= 0.3 is 0 Å². The number of aliphatic hydroxyl groups is 1. The maximum absolute atomic E-state index is 13.5.